The van der Waals surface area contributed by atoms with E-state index in [2.05, 4.69) is 10.3 Å². The molecule has 1 aromatic heterocycles. The summed E-state index contributed by atoms with van der Waals surface area (Å²) in [6.07, 6.45) is 0. The van der Waals surface area contributed by atoms with Crippen molar-refractivity contribution in [1.29, 1.82) is 0 Å². The van der Waals surface area contributed by atoms with E-state index in [1.54, 1.807) is 13.1 Å². The zero-order chi connectivity index (χ0) is 13.4. The topological polar surface area (TPSA) is 67.2 Å². The normalized spacial score (nSPS) is 15.6. The fourth-order valence-electron chi connectivity index (χ4n) is 2.30. The van der Waals surface area contributed by atoms with E-state index in [4.69, 9.17) is 0 Å². The first-order valence-electron chi connectivity index (χ1n) is 6.14. The fourth-order valence-corrected chi connectivity index (χ4v) is 2.30. The minimum Gasteiger partial charge on any atom is -0.353 e. The van der Waals surface area contributed by atoms with Gasteiger partial charge in [-0.1, -0.05) is 12.1 Å². The number of fused-ring (bicyclic) bond motifs is 1. The van der Waals surface area contributed by atoms with Crippen molar-refractivity contribution in [2.75, 3.05) is 24.5 Å². The Hall–Kier alpha value is -2.37. The second kappa shape index (κ2) is 4.38. The van der Waals surface area contributed by atoms with Gasteiger partial charge in [-0.2, -0.15) is 0 Å². The molecule has 1 aromatic carbocycles. The Morgan fingerprint density at radius 2 is 2.05 bits per heavy atom. The lowest BCUT2D eigenvalue weighted by Crippen LogP contribution is -2.49. The van der Waals surface area contributed by atoms with E-state index in [0.29, 0.717) is 29.9 Å². The van der Waals surface area contributed by atoms with Crippen LogP contribution in [0.25, 0.3) is 10.9 Å². The Labute approximate surface area is 109 Å². The van der Waals surface area contributed by atoms with E-state index < -0.39 is 0 Å². The van der Waals surface area contributed by atoms with Gasteiger partial charge in [-0.3, -0.25) is 14.2 Å². The van der Waals surface area contributed by atoms with Crippen LogP contribution in [-0.4, -0.2) is 35.1 Å². The molecule has 0 unspecified atom stereocenters. The summed E-state index contributed by atoms with van der Waals surface area (Å²) in [5.74, 6) is 0.493. The molecule has 2 heterocycles. The lowest BCUT2D eigenvalue weighted by Gasteiger charge is -2.28. The van der Waals surface area contributed by atoms with Crippen molar-refractivity contribution < 1.29 is 4.79 Å². The van der Waals surface area contributed by atoms with Gasteiger partial charge < -0.3 is 10.2 Å². The van der Waals surface area contributed by atoms with Crippen molar-refractivity contribution in [3.05, 3.63) is 34.6 Å². The summed E-state index contributed by atoms with van der Waals surface area (Å²) in [6.45, 7) is 1.46. The number of hydrogen-bond donors (Lipinski definition) is 1. The molecule has 0 spiro atoms. The highest BCUT2D eigenvalue weighted by Crippen LogP contribution is 2.14. The molecule has 1 N–H and O–H groups in total. The average Bonchev–Trinajstić information content (AvgIpc) is 2.43. The largest absolute Gasteiger partial charge is 0.353 e. The maximum Gasteiger partial charge on any atom is 0.262 e. The maximum atomic E-state index is 12.3. The molecule has 1 aliphatic heterocycles. The van der Waals surface area contributed by atoms with Gasteiger partial charge in [0.25, 0.3) is 5.56 Å². The van der Waals surface area contributed by atoms with Gasteiger partial charge in [-0.15, -0.1) is 0 Å². The average molecular weight is 258 g/mol. The number of amides is 1. The summed E-state index contributed by atoms with van der Waals surface area (Å²) >= 11 is 0. The fraction of sp³-hybridized carbons (Fsp3) is 0.308. The number of piperazine rings is 1. The van der Waals surface area contributed by atoms with Crippen LogP contribution in [0.4, 0.5) is 5.95 Å². The molecule has 6 nitrogen and oxygen atoms in total. The van der Waals surface area contributed by atoms with E-state index in [1.165, 1.54) is 4.57 Å². The molecule has 6 heteroatoms. The van der Waals surface area contributed by atoms with Crippen molar-refractivity contribution >= 4 is 22.8 Å². The number of nitrogens with one attached hydrogen (secondary N) is 1. The Balaban J connectivity index is 2.16. The molecular formula is C13H14N4O2. The van der Waals surface area contributed by atoms with Crippen LogP contribution in [-0.2, 0) is 11.8 Å². The van der Waals surface area contributed by atoms with Crippen LogP contribution in [0.15, 0.2) is 29.1 Å². The first-order chi connectivity index (χ1) is 9.16. The van der Waals surface area contributed by atoms with Gasteiger partial charge in [0, 0.05) is 20.1 Å². The minimum absolute atomic E-state index is 0.0475. The highest BCUT2D eigenvalue weighted by Gasteiger charge is 2.20. The number of carbonyl (C=O) groups is 1. The molecule has 2 aromatic rings. The van der Waals surface area contributed by atoms with Crippen LogP contribution in [0, 0.1) is 0 Å². The number of rotatable bonds is 1. The molecule has 0 atom stereocenters. The Kier molecular flexibility index (Phi) is 2.70. The Bertz CT molecular complexity index is 707. The molecule has 0 aliphatic carbocycles. The summed E-state index contributed by atoms with van der Waals surface area (Å²) in [5, 5.41) is 3.35. The standard InChI is InChI=1S/C13H14N4O2/c1-16-12(19)9-4-2-3-5-10(9)15-13(16)17-7-6-14-11(18)8-17/h2-5H,6-8H2,1H3,(H,14,18). The van der Waals surface area contributed by atoms with Crippen LogP contribution in [0.2, 0.25) is 0 Å². The summed E-state index contributed by atoms with van der Waals surface area (Å²) < 4.78 is 1.50. The predicted octanol–water partition coefficient (Wildman–Crippen LogP) is -0.130. The van der Waals surface area contributed by atoms with Crippen LogP contribution in [0.3, 0.4) is 0 Å². The van der Waals surface area contributed by atoms with Gasteiger partial charge in [0.05, 0.1) is 17.4 Å². The summed E-state index contributed by atoms with van der Waals surface area (Å²) in [5.41, 5.74) is 0.568. The predicted molar refractivity (Wildman–Crippen MR) is 72.2 cm³/mol. The molecule has 0 bridgehead atoms. The van der Waals surface area contributed by atoms with Crippen LogP contribution < -0.4 is 15.8 Å². The molecule has 1 saturated heterocycles. The Morgan fingerprint density at radius 3 is 2.84 bits per heavy atom. The first kappa shape index (κ1) is 11.7. The molecular weight excluding hydrogens is 244 g/mol. The molecule has 1 fully saturated rings. The Morgan fingerprint density at radius 1 is 1.26 bits per heavy atom. The third-order valence-corrected chi connectivity index (χ3v) is 3.28. The van der Waals surface area contributed by atoms with Crippen molar-refractivity contribution in [3.8, 4) is 0 Å². The van der Waals surface area contributed by atoms with Crippen LogP contribution >= 0.6 is 0 Å². The smallest absolute Gasteiger partial charge is 0.262 e. The van der Waals surface area contributed by atoms with E-state index in [9.17, 15) is 9.59 Å². The second-order valence-corrected chi connectivity index (χ2v) is 4.56. The molecule has 0 saturated carbocycles. The molecule has 98 valence electrons. The van der Waals surface area contributed by atoms with Crippen LogP contribution in [0.5, 0.6) is 0 Å². The molecule has 0 radical (unpaired) electrons. The third-order valence-electron chi connectivity index (χ3n) is 3.28. The quantitative estimate of drug-likeness (QED) is 0.773. The van der Waals surface area contributed by atoms with E-state index in [0.717, 1.165) is 0 Å². The number of nitrogens with zero attached hydrogens (tertiary/aromatic N) is 3. The van der Waals surface area contributed by atoms with Gasteiger partial charge in [0.15, 0.2) is 0 Å². The summed E-state index contributed by atoms with van der Waals surface area (Å²) in [6, 6.07) is 7.24. The van der Waals surface area contributed by atoms with Gasteiger partial charge in [0.1, 0.15) is 0 Å². The first-order valence-corrected chi connectivity index (χ1v) is 6.14. The summed E-state index contributed by atoms with van der Waals surface area (Å²) in [4.78, 5) is 30.0. The van der Waals surface area contributed by atoms with E-state index in [1.807, 2.05) is 23.1 Å². The molecule has 1 aliphatic rings. The van der Waals surface area contributed by atoms with E-state index in [-0.39, 0.29) is 18.0 Å². The van der Waals surface area contributed by atoms with Crippen molar-refractivity contribution in [3.63, 3.8) is 0 Å². The van der Waals surface area contributed by atoms with Gasteiger partial charge in [-0.25, -0.2) is 4.98 Å². The molecule has 1 amide bonds. The number of carbonyl (C=O) groups excluding carboxylic acids is 1. The van der Waals surface area contributed by atoms with Gasteiger partial charge in [0.2, 0.25) is 11.9 Å². The number of anilines is 1. The van der Waals surface area contributed by atoms with Crippen LogP contribution in [0.1, 0.15) is 0 Å². The molecule has 3 rings (SSSR count). The molecule has 19 heavy (non-hydrogen) atoms. The lowest BCUT2D eigenvalue weighted by molar-refractivity contribution is -0.120. The highest BCUT2D eigenvalue weighted by atomic mass is 16.2. The minimum atomic E-state index is -0.0911. The van der Waals surface area contributed by atoms with Crippen molar-refractivity contribution in [1.82, 2.24) is 14.9 Å². The van der Waals surface area contributed by atoms with E-state index >= 15 is 0 Å². The maximum absolute atomic E-state index is 12.3. The number of hydrogen-bond acceptors (Lipinski definition) is 4. The monoisotopic (exact) mass is 258 g/mol. The second-order valence-electron chi connectivity index (χ2n) is 4.56. The SMILES string of the molecule is Cn1c(N2CCNC(=O)C2)nc2ccccc2c1=O. The van der Waals surface area contributed by atoms with Crippen molar-refractivity contribution in [2.45, 2.75) is 0 Å². The zero-order valence-electron chi connectivity index (χ0n) is 10.6. The van der Waals surface area contributed by atoms with Gasteiger partial charge in [-0.05, 0) is 12.1 Å². The lowest BCUT2D eigenvalue weighted by atomic mass is 10.2. The third kappa shape index (κ3) is 1.95. The number of para-hydroxylation sites is 1. The summed E-state index contributed by atoms with van der Waals surface area (Å²) in [7, 11) is 1.68. The van der Waals surface area contributed by atoms with Crippen molar-refractivity contribution in [2.24, 2.45) is 7.05 Å². The zero-order valence-corrected chi connectivity index (χ0v) is 10.6. The van der Waals surface area contributed by atoms with Gasteiger partial charge >= 0.3 is 0 Å². The number of aromatic nitrogens is 2. The number of benzene rings is 1. The highest BCUT2D eigenvalue weighted by molar-refractivity contribution is 5.83.